The van der Waals surface area contributed by atoms with Crippen LogP contribution in [0.3, 0.4) is 0 Å². The number of aryl methyl sites for hydroxylation is 2. The van der Waals surface area contributed by atoms with Crippen LogP contribution in [0.2, 0.25) is 0 Å². The van der Waals surface area contributed by atoms with E-state index in [1.165, 1.54) is 11.3 Å². The number of sulfonamides is 1. The number of nitrogens with one attached hydrogen (secondary N) is 1. The standard InChI is InChI=1S/C16H16N2O3S2/c1-11-5-6-13(15-10-17-12(2)21-15)8-16(11)23(19,20)18-9-14-4-3-7-22-14/h3-8,10,18H,9H2,1-2H3. The van der Waals surface area contributed by atoms with Crippen molar-refractivity contribution in [1.29, 1.82) is 0 Å². The zero-order valence-corrected chi connectivity index (χ0v) is 14.4. The molecule has 23 heavy (non-hydrogen) atoms. The average Bonchev–Trinajstić information content (AvgIpc) is 3.17. The third-order valence-corrected chi connectivity index (χ3v) is 5.82. The number of rotatable bonds is 5. The molecule has 0 radical (unpaired) electrons. The van der Waals surface area contributed by atoms with Gasteiger partial charge in [0.2, 0.25) is 10.0 Å². The second-order valence-corrected chi connectivity index (χ2v) is 7.90. The van der Waals surface area contributed by atoms with E-state index >= 15 is 0 Å². The summed E-state index contributed by atoms with van der Waals surface area (Å²) in [5.74, 6) is 1.10. The number of benzene rings is 1. The highest BCUT2D eigenvalue weighted by Gasteiger charge is 2.18. The molecule has 0 amide bonds. The Balaban J connectivity index is 1.91. The molecule has 120 valence electrons. The summed E-state index contributed by atoms with van der Waals surface area (Å²) in [6, 6.07) is 9.01. The summed E-state index contributed by atoms with van der Waals surface area (Å²) in [5.41, 5.74) is 1.37. The molecule has 1 aromatic carbocycles. The first-order chi connectivity index (χ1) is 11.0. The van der Waals surface area contributed by atoms with Gasteiger partial charge in [0.15, 0.2) is 11.7 Å². The predicted molar refractivity (Wildman–Crippen MR) is 89.8 cm³/mol. The highest BCUT2D eigenvalue weighted by atomic mass is 32.2. The molecule has 1 N–H and O–H groups in total. The van der Waals surface area contributed by atoms with E-state index in [1.54, 1.807) is 32.2 Å². The lowest BCUT2D eigenvalue weighted by molar-refractivity contribution is 0.534. The van der Waals surface area contributed by atoms with E-state index in [4.69, 9.17) is 4.42 Å². The van der Waals surface area contributed by atoms with Gasteiger partial charge in [0.1, 0.15) is 0 Å². The van der Waals surface area contributed by atoms with Crippen molar-refractivity contribution in [3.05, 3.63) is 58.2 Å². The third-order valence-electron chi connectivity index (χ3n) is 3.40. The van der Waals surface area contributed by atoms with Crippen LogP contribution in [0.1, 0.15) is 16.3 Å². The van der Waals surface area contributed by atoms with E-state index in [2.05, 4.69) is 9.71 Å². The molecule has 0 bridgehead atoms. The first-order valence-corrected chi connectivity index (χ1v) is 9.37. The van der Waals surface area contributed by atoms with Gasteiger partial charge in [-0.3, -0.25) is 0 Å². The van der Waals surface area contributed by atoms with Crippen LogP contribution in [-0.2, 0) is 16.6 Å². The Morgan fingerprint density at radius 2 is 2.09 bits per heavy atom. The Labute approximate surface area is 139 Å². The molecule has 0 atom stereocenters. The van der Waals surface area contributed by atoms with E-state index in [-0.39, 0.29) is 11.4 Å². The third kappa shape index (κ3) is 3.52. The second kappa shape index (κ2) is 6.27. The lowest BCUT2D eigenvalue weighted by Gasteiger charge is -2.10. The van der Waals surface area contributed by atoms with Gasteiger partial charge in [-0.25, -0.2) is 18.1 Å². The minimum Gasteiger partial charge on any atom is -0.441 e. The van der Waals surface area contributed by atoms with Crippen molar-refractivity contribution in [2.75, 3.05) is 0 Å². The van der Waals surface area contributed by atoms with Gasteiger partial charge in [0, 0.05) is 23.9 Å². The highest BCUT2D eigenvalue weighted by Crippen LogP contribution is 2.26. The highest BCUT2D eigenvalue weighted by molar-refractivity contribution is 7.89. The van der Waals surface area contributed by atoms with Gasteiger partial charge in [0.25, 0.3) is 0 Å². The quantitative estimate of drug-likeness (QED) is 0.766. The summed E-state index contributed by atoms with van der Waals surface area (Å²) in [6.45, 7) is 3.80. The van der Waals surface area contributed by atoms with Crippen LogP contribution in [-0.4, -0.2) is 13.4 Å². The minimum atomic E-state index is -3.60. The van der Waals surface area contributed by atoms with Crippen LogP contribution < -0.4 is 4.72 Å². The zero-order chi connectivity index (χ0) is 16.4. The maximum atomic E-state index is 12.6. The fraction of sp³-hybridized carbons (Fsp3) is 0.188. The number of aromatic nitrogens is 1. The monoisotopic (exact) mass is 348 g/mol. The fourth-order valence-corrected chi connectivity index (χ4v) is 4.21. The van der Waals surface area contributed by atoms with Gasteiger partial charge in [-0.05, 0) is 30.0 Å². The van der Waals surface area contributed by atoms with E-state index < -0.39 is 10.0 Å². The van der Waals surface area contributed by atoms with Crippen LogP contribution in [0.4, 0.5) is 0 Å². The lowest BCUT2D eigenvalue weighted by atomic mass is 10.1. The fourth-order valence-electron chi connectivity index (χ4n) is 2.19. The van der Waals surface area contributed by atoms with E-state index in [9.17, 15) is 8.42 Å². The molecule has 3 rings (SSSR count). The molecule has 0 saturated heterocycles. The Kier molecular flexibility index (Phi) is 4.34. The molecule has 0 unspecified atom stereocenters. The topological polar surface area (TPSA) is 72.2 Å². The minimum absolute atomic E-state index is 0.251. The number of thiophene rings is 1. The van der Waals surface area contributed by atoms with Gasteiger partial charge in [-0.15, -0.1) is 11.3 Å². The smallest absolute Gasteiger partial charge is 0.241 e. The molecule has 7 heteroatoms. The van der Waals surface area contributed by atoms with Crippen LogP contribution in [0, 0.1) is 13.8 Å². The first kappa shape index (κ1) is 15.9. The molecule has 0 saturated carbocycles. The number of oxazole rings is 1. The van der Waals surface area contributed by atoms with Crippen molar-refractivity contribution in [1.82, 2.24) is 9.71 Å². The second-order valence-electron chi connectivity index (χ2n) is 5.13. The summed E-state index contributed by atoms with van der Waals surface area (Å²) < 4.78 is 33.3. The number of hydrogen-bond acceptors (Lipinski definition) is 5. The Bertz CT molecular complexity index is 913. The maximum absolute atomic E-state index is 12.6. The van der Waals surface area contributed by atoms with Crippen molar-refractivity contribution in [2.24, 2.45) is 0 Å². The molecule has 3 aromatic rings. The van der Waals surface area contributed by atoms with Gasteiger partial charge >= 0.3 is 0 Å². The van der Waals surface area contributed by atoms with E-state index in [0.29, 0.717) is 22.8 Å². The normalized spacial score (nSPS) is 11.7. The summed E-state index contributed by atoms with van der Waals surface area (Å²) in [4.78, 5) is 5.26. The van der Waals surface area contributed by atoms with Crippen LogP contribution >= 0.6 is 11.3 Å². The average molecular weight is 348 g/mol. The van der Waals surface area contributed by atoms with Gasteiger partial charge < -0.3 is 4.42 Å². The lowest BCUT2D eigenvalue weighted by Crippen LogP contribution is -2.23. The number of hydrogen-bond donors (Lipinski definition) is 1. The van der Waals surface area contributed by atoms with E-state index in [1.807, 2.05) is 23.6 Å². The first-order valence-electron chi connectivity index (χ1n) is 7.01. The predicted octanol–water partition coefficient (Wildman–Crippen LogP) is 3.50. The molecular weight excluding hydrogens is 332 g/mol. The van der Waals surface area contributed by atoms with Crippen LogP contribution in [0.15, 0.2) is 51.2 Å². The zero-order valence-electron chi connectivity index (χ0n) is 12.7. The Hall–Kier alpha value is -1.96. The molecule has 5 nitrogen and oxygen atoms in total. The summed E-state index contributed by atoms with van der Waals surface area (Å²) in [5, 5.41) is 1.92. The van der Waals surface area contributed by atoms with Crippen LogP contribution in [0.25, 0.3) is 11.3 Å². The summed E-state index contributed by atoms with van der Waals surface area (Å²) >= 11 is 1.52. The largest absolute Gasteiger partial charge is 0.441 e. The molecule has 0 aliphatic rings. The molecule has 2 aromatic heterocycles. The summed E-state index contributed by atoms with van der Waals surface area (Å²) in [7, 11) is -3.60. The van der Waals surface area contributed by atoms with E-state index in [0.717, 1.165) is 4.88 Å². The molecule has 0 fully saturated rings. The van der Waals surface area contributed by atoms with Crippen molar-refractivity contribution in [3.63, 3.8) is 0 Å². The molecule has 0 aliphatic carbocycles. The SMILES string of the molecule is Cc1ncc(-c2ccc(C)c(S(=O)(=O)NCc3cccs3)c2)o1. The maximum Gasteiger partial charge on any atom is 0.241 e. The number of nitrogens with zero attached hydrogens (tertiary/aromatic N) is 1. The van der Waals surface area contributed by atoms with Gasteiger partial charge in [-0.1, -0.05) is 18.2 Å². The molecule has 0 aliphatic heterocycles. The summed E-state index contributed by atoms with van der Waals surface area (Å²) in [6.07, 6.45) is 1.59. The molecule has 0 spiro atoms. The van der Waals surface area contributed by atoms with Crippen molar-refractivity contribution >= 4 is 21.4 Å². The van der Waals surface area contributed by atoms with Crippen molar-refractivity contribution in [2.45, 2.75) is 25.3 Å². The Morgan fingerprint density at radius 1 is 1.26 bits per heavy atom. The molecule has 2 heterocycles. The Morgan fingerprint density at radius 3 is 2.74 bits per heavy atom. The van der Waals surface area contributed by atoms with Gasteiger partial charge in [-0.2, -0.15) is 0 Å². The van der Waals surface area contributed by atoms with Crippen molar-refractivity contribution in [3.8, 4) is 11.3 Å². The van der Waals surface area contributed by atoms with Gasteiger partial charge in [0.05, 0.1) is 11.1 Å². The van der Waals surface area contributed by atoms with Crippen LogP contribution in [0.5, 0.6) is 0 Å². The molecular formula is C16H16N2O3S2. The van der Waals surface area contributed by atoms with Crippen molar-refractivity contribution < 1.29 is 12.8 Å².